The van der Waals surface area contributed by atoms with Crippen LogP contribution in [0.5, 0.6) is 0 Å². The molecule has 2 aliphatic rings. The van der Waals surface area contributed by atoms with Crippen LogP contribution in [0.1, 0.15) is 88.7 Å². The van der Waals surface area contributed by atoms with Gasteiger partial charge in [0.2, 0.25) is 5.95 Å². The Morgan fingerprint density at radius 3 is 2.30 bits per heavy atom. The molecule has 222 valence electrons. The second-order valence-corrected chi connectivity index (χ2v) is 13.3. The van der Waals surface area contributed by atoms with Crippen LogP contribution in [0.15, 0.2) is 21.0 Å². The number of imidazole rings is 1. The van der Waals surface area contributed by atoms with Crippen molar-refractivity contribution in [2.24, 2.45) is 23.9 Å². The van der Waals surface area contributed by atoms with Crippen LogP contribution in [0.25, 0.3) is 0 Å². The van der Waals surface area contributed by atoms with Gasteiger partial charge in [0.15, 0.2) is 5.03 Å². The Morgan fingerprint density at radius 1 is 1.10 bits per heavy atom. The second-order valence-electron chi connectivity index (χ2n) is 11.4. The first-order chi connectivity index (χ1) is 19.2. The molecule has 1 aliphatic carbocycles. The molecule has 4 rings (SSSR count). The van der Waals surface area contributed by atoms with Crippen LogP contribution >= 0.6 is 0 Å². The standard InChI is InChI=1S/C29H47N7O3S/c1-6-11-25(30-4)27-24(7-2)28(37)33-29(32-27)35(19-22-12-9-8-10-13-22)20-23-14-16-36(17-15-23)40(38,39)26-18-31-21(3)34(26)5/h18,22-23H,6-17,19-20H2,1-5H3,(H,32,33,37)/b30-25-. The summed E-state index contributed by atoms with van der Waals surface area (Å²) in [4.78, 5) is 32.4. The number of anilines is 1. The Labute approximate surface area is 239 Å². The number of rotatable bonds is 11. The molecular weight excluding hydrogens is 526 g/mol. The van der Waals surface area contributed by atoms with Crippen molar-refractivity contribution < 1.29 is 8.42 Å². The lowest BCUT2D eigenvalue weighted by Gasteiger charge is -2.36. The Balaban J connectivity index is 1.56. The topological polar surface area (TPSA) is 117 Å². The molecule has 11 heteroatoms. The summed E-state index contributed by atoms with van der Waals surface area (Å²) in [6, 6.07) is 0. The molecule has 2 aromatic heterocycles. The van der Waals surface area contributed by atoms with Crippen LogP contribution in [0, 0.1) is 18.8 Å². The monoisotopic (exact) mass is 573 g/mol. The molecular formula is C29H47N7O3S. The molecule has 0 atom stereocenters. The van der Waals surface area contributed by atoms with Crippen molar-refractivity contribution in [2.45, 2.75) is 90.0 Å². The first-order valence-corrected chi connectivity index (χ1v) is 16.5. The Morgan fingerprint density at radius 2 is 1.75 bits per heavy atom. The number of H-pyrrole nitrogens is 1. The predicted molar refractivity (Wildman–Crippen MR) is 160 cm³/mol. The Hall–Kier alpha value is -2.53. The van der Waals surface area contributed by atoms with Crippen LogP contribution in [0.4, 0.5) is 5.95 Å². The summed E-state index contributed by atoms with van der Waals surface area (Å²) in [7, 11) is -0.0670. The average molecular weight is 574 g/mol. The minimum atomic E-state index is -3.59. The van der Waals surface area contributed by atoms with E-state index >= 15 is 0 Å². The summed E-state index contributed by atoms with van der Waals surface area (Å²) < 4.78 is 29.8. The van der Waals surface area contributed by atoms with Crippen molar-refractivity contribution >= 4 is 21.7 Å². The van der Waals surface area contributed by atoms with Crippen molar-refractivity contribution in [3.63, 3.8) is 0 Å². The Bertz CT molecular complexity index is 1330. The van der Waals surface area contributed by atoms with E-state index in [2.05, 4.69) is 26.8 Å². The SMILES string of the molecule is CCC/C(=N/C)c1nc(N(CC2CCCCC2)CC2CCN(S(=O)(=O)c3cnc(C)n3C)CC2)[nH]c(=O)c1CC. The van der Waals surface area contributed by atoms with Gasteiger partial charge in [0.05, 0.1) is 17.6 Å². The van der Waals surface area contributed by atoms with E-state index in [1.54, 1.807) is 29.9 Å². The van der Waals surface area contributed by atoms with E-state index in [4.69, 9.17) is 4.98 Å². The smallest absolute Gasteiger partial charge is 0.260 e. The average Bonchev–Trinajstić information content (AvgIpc) is 3.30. The lowest BCUT2D eigenvalue weighted by Crippen LogP contribution is -2.44. The maximum absolute atomic E-state index is 13.3. The maximum Gasteiger partial charge on any atom is 0.260 e. The molecule has 2 fully saturated rings. The number of aryl methyl sites for hydroxylation is 1. The number of piperidine rings is 1. The highest BCUT2D eigenvalue weighted by molar-refractivity contribution is 7.89. The minimum Gasteiger partial charge on any atom is -0.342 e. The number of aromatic amines is 1. The number of nitrogens with one attached hydrogen (secondary N) is 1. The number of hydrogen-bond donors (Lipinski definition) is 1. The summed E-state index contributed by atoms with van der Waals surface area (Å²) in [5.74, 6) is 2.17. The van der Waals surface area contributed by atoms with E-state index in [1.165, 1.54) is 38.3 Å². The highest BCUT2D eigenvalue weighted by Crippen LogP contribution is 2.29. The highest BCUT2D eigenvalue weighted by atomic mass is 32.2. The van der Waals surface area contributed by atoms with Gasteiger partial charge in [-0.25, -0.2) is 18.4 Å². The molecule has 2 aromatic rings. The first-order valence-electron chi connectivity index (χ1n) is 15.0. The van der Waals surface area contributed by atoms with Crippen molar-refractivity contribution in [2.75, 3.05) is 38.1 Å². The van der Waals surface area contributed by atoms with Crippen molar-refractivity contribution in [3.8, 4) is 0 Å². The molecule has 0 bridgehead atoms. The number of aromatic nitrogens is 4. The predicted octanol–water partition coefficient (Wildman–Crippen LogP) is 4.08. The van der Waals surface area contributed by atoms with Gasteiger partial charge in [0, 0.05) is 45.8 Å². The van der Waals surface area contributed by atoms with Crippen molar-refractivity contribution in [1.82, 2.24) is 23.8 Å². The van der Waals surface area contributed by atoms with Gasteiger partial charge in [0.1, 0.15) is 5.82 Å². The molecule has 0 aromatic carbocycles. The second kappa shape index (κ2) is 13.4. The summed E-state index contributed by atoms with van der Waals surface area (Å²) in [6.07, 6.45) is 11.5. The van der Waals surface area contributed by atoms with Crippen LogP contribution in [0.3, 0.4) is 0 Å². The van der Waals surface area contributed by atoms with Gasteiger partial charge in [-0.15, -0.1) is 0 Å². The highest BCUT2D eigenvalue weighted by Gasteiger charge is 2.33. The number of aliphatic imine (C=N–C) groups is 1. The molecule has 1 aliphatic heterocycles. The van der Waals surface area contributed by atoms with E-state index in [9.17, 15) is 13.2 Å². The first kappa shape index (κ1) is 30.4. The molecule has 10 nitrogen and oxygen atoms in total. The van der Waals surface area contributed by atoms with Gasteiger partial charge >= 0.3 is 0 Å². The zero-order valence-corrected chi connectivity index (χ0v) is 25.8. The molecule has 0 radical (unpaired) electrons. The molecule has 1 saturated carbocycles. The fourth-order valence-corrected chi connectivity index (χ4v) is 7.82. The van der Waals surface area contributed by atoms with Crippen LogP contribution in [-0.4, -0.2) is 71.2 Å². The van der Waals surface area contributed by atoms with Gasteiger partial charge in [-0.2, -0.15) is 4.31 Å². The van der Waals surface area contributed by atoms with E-state index in [0.29, 0.717) is 48.7 Å². The number of hydrogen-bond acceptors (Lipinski definition) is 7. The van der Waals surface area contributed by atoms with E-state index in [0.717, 1.165) is 50.2 Å². The van der Waals surface area contributed by atoms with E-state index < -0.39 is 10.0 Å². The Kier molecular flexibility index (Phi) is 10.2. The third kappa shape index (κ3) is 6.67. The molecule has 0 spiro atoms. The molecule has 0 unspecified atom stereocenters. The molecule has 3 heterocycles. The molecule has 40 heavy (non-hydrogen) atoms. The zero-order valence-electron chi connectivity index (χ0n) is 24.9. The number of sulfonamides is 1. The van der Waals surface area contributed by atoms with Gasteiger partial charge in [-0.05, 0) is 57.3 Å². The quantitative estimate of drug-likeness (QED) is 0.405. The van der Waals surface area contributed by atoms with Crippen molar-refractivity contribution in [1.29, 1.82) is 0 Å². The number of nitrogens with zero attached hydrogens (tertiary/aromatic N) is 6. The fraction of sp³-hybridized carbons (Fsp3) is 0.724. The van der Waals surface area contributed by atoms with Gasteiger partial charge in [-0.1, -0.05) is 39.5 Å². The molecule has 1 saturated heterocycles. The zero-order chi connectivity index (χ0) is 28.9. The van der Waals surface area contributed by atoms with Gasteiger partial charge in [-0.3, -0.25) is 14.8 Å². The van der Waals surface area contributed by atoms with E-state index in [1.807, 2.05) is 6.92 Å². The third-order valence-electron chi connectivity index (χ3n) is 8.72. The summed E-state index contributed by atoms with van der Waals surface area (Å²) >= 11 is 0. The third-order valence-corrected chi connectivity index (χ3v) is 10.7. The molecule has 1 N–H and O–H groups in total. The summed E-state index contributed by atoms with van der Waals surface area (Å²) in [5.41, 5.74) is 2.22. The van der Waals surface area contributed by atoms with Gasteiger partial charge in [0.25, 0.3) is 15.6 Å². The summed E-state index contributed by atoms with van der Waals surface area (Å²) in [5, 5.41) is 0.244. The summed E-state index contributed by atoms with van der Waals surface area (Å²) in [6.45, 7) is 8.46. The lowest BCUT2D eigenvalue weighted by atomic mass is 9.88. The largest absolute Gasteiger partial charge is 0.342 e. The fourth-order valence-electron chi connectivity index (χ4n) is 6.20. The lowest BCUT2D eigenvalue weighted by molar-refractivity contribution is 0.268. The van der Waals surface area contributed by atoms with Crippen LogP contribution in [-0.2, 0) is 23.5 Å². The minimum absolute atomic E-state index is 0.0826. The van der Waals surface area contributed by atoms with Crippen molar-refractivity contribution in [3.05, 3.63) is 33.6 Å². The van der Waals surface area contributed by atoms with Crippen LogP contribution in [0.2, 0.25) is 0 Å². The van der Waals surface area contributed by atoms with E-state index in [-0.39, 0.29) is 10.6 Å². The maximum atomic E-state index is 13.3. The molecule has 0 amide bonds. The van der Waals surface area contributed by atoms with Crippen LogP contribution < -0.4 is 10.5 Å². The normalized spacial score (nSPS) is 18.4. The van der Waals surface area contributed by atoms with Gasteiger partial charge < -0.3 is 9.47 Å².